The van der Waals surface area contributed by atoms with E-state index < -0.39 is 22.8 Å². The predicted octanol–water partition coefficient (Wildman–Crippen LogP) is 9.84. The monoisotopic (exact) mass is 904 g/mol. The first-order valence-corrected chi connectivity index (χ1v) is 20.2. The quantitative estimate of drug-likeness (QED) is 0.126. The first kappa shape index (κ1) is 49.1. The van der Waals surface area contributed by atoms with Gasteiger partial charge in [0.15, 0.2) is 23.1 Å². The maximum atomic E-state index is 15.0. The molecule has 6 aromatic rings. The Labute approximate surface area is 377 Å². The van der Waals surface area contributed by atoms with Crippen molar-refractivity contribution in [3.63, 3.8) is 0 Å². The van der Waals surface area contributed by atoms with Crippen LogP contribution < -0.4 is 20.6 Å². The summed E-state index contributed by atoms with van der Waals surface area (Å²) < 4.78 is 40.8. The second-order valence-electron chi connectivity index (χ2n) is 13.8. The lowest BCUT2D eigenvalue weighted by Gasteiger charge is -2.13. The van der Waals surface area contributed by atoms with E-state index in [2.05, 4.69) is 9.97 Å². The molecule has 2 N–H and O–H groups in total. The van der Waals surface area contributed by atoms with E-state index in [4.69, 9.17) is 48.5 Å². The van der Waals surface area contributed by atoms with E-state index in [-0.39, 0.29) is 72.9 Å². The molecule has 2 aromatic heterocycles. The van der Waals surface area contributed by atoms with Crippen LogP contribution in [0.1, 0.15) is 59.0 Å². The summed E-state index contributed by atoms with van der Waals surface area (Å²) >= 11 is 11.9. The molecule has 2 amide bonds. The van der Waals surface area contributed by atoms with Gasteiger partial charge in [0.1, 0.15) is 11.5 Å². The lowest BCUT2D eigenvalue weighted by Crippen LogP contribution is -2.23. The largest absolute Gasteiger partial charge is 0.454 e. The molecule has 1 aliphatic heterocycles. The van der Waals surface area contributed by atoms with Crippen LogP contribution in [-0.4, -0.2) is 33.7 Å². The number of rotatable bonds is 10. The third kappa shape index (κ3) is 14.5. The van der Waals surface area contributed by atoms with E-state index in [1.807, 2.05) is 72.8 Å². The molecule has 7 rings (SSSR count). The minimum atomic E-state index is -0.640. The van der Waals surface area contributed by atoms with Crippen LogP contribution in [0, 0.1) is 52.6 Å². The van der Waals surface area contributed by atoms with Crippen molar-refractivity contribution in [2.75, 3.05) is 7.05 Å². The van der Waals surface area contributed by atoms with Crippen LogP contribution in [0.5, 0.6) is 23.0 Å². The number of aromatic amines is 2. The molecule has 4 aromatic carbocycles. The van der Waals surface area contributed by atoms with E-state index in [1.54, 1.807) is 6.07 Å². The van der Waals surface area contributed by atoms with Gasteiger partial charge in [0, 0.05) is 42.9 Å². The number of ether oxygens (including phenoxy) is 2. The van der Waals surface area contributed by atoms with E-state index in [1.165, 1.54) is 62.2 Å². The van der Waals surface area contributed by atoms with Crippen molar-refractivity contribution in [2.24, 2.45) is 0 Å². The number of aromatic nitrogens is 2. The first-order chi connectivity index (χ1) is 30.6. The number of pyridine rings is 2. The van der Waals surface area contributed by atoms with Gasteiger partial charge in [-0.25, -0.2) is 8.78 Å². The van der Waals surface area contributed by atoms with E-state index in [9.17, 15) is 28.0 Å². The summed E-state index contributed by atoms with van der Waals surface area (Å²) in [6.07, 6.45) is 2.59. The number of H-pyrrole nitrogens is 2. The maximum absolute atomic E-state index is 15.0. The molecule has 1 aliphatic rings. The number of likely N-dealkylation sites (tertiary alicyclic amines) is 1. The Morgan fingerprint density at radius 3 is 1.55 bits per heavy atom. The molecular formula is C48H40Cl2F2N6O6. The van der Waals surface area contributed by atoms with Crippen LogP contribution in [0.4, 0.5) is 8.78 Å². The number of nitrogens with one attached hydrogen (secondary N) is 2. The molecule has 0 atom stereocenters. The molecule has 1 fully saturated rings. The molecule has 326 valence electrons. The van der Waals surface area contributed by atoms with E-state index in [0.717, 1.165) is 17.2 Å². The summed E-state index contributed by atoms with van der Waals surface area (Å²) in [5.41, 5.74) is 2.21. The summed E-state index contributed by atoms with van der Waals surface area (Å²) in [4.78, 5) is 51.3. The highest BCUT2D eigenvalue weighted by molar-refractivity contribution is 6.31. The molecule has 0 radical (unpaired) electrons. The second-order valence-corrected chi connectivity index (χ2v) is 14.7. The third-order valence-electron chi connectivity index (χ3n) is 9.19. The topological polar surface area (TPSA) is 193 Å². The number of hydrogen-bond donors (Lipinski definition) is 2. The van der Waals surface area contributed by atoms with Crippen LogP contribution in [0.15, 0.2) is 113 Å². The Morgan fingerprint density at radius 2 is 1.11 bits per heavy atom. The Morgan fingerprint density at radius 1 is 0.656 bits per heavy atom. The zero-order valence-corrected chi connectivity index (χ0v) is 36.3. The van der Waals surface area contributed by atoms with Crippen LogP contribution in [0.3, 0.4) is 0 Å². The Hall–Kier alpha value is -7.57. The highest BCUT2D eigenvalue weighted by atomic mass is 35.5. The Bertz CT molecular complexity index is 2840. The fraction of sp³-hybridized carbons (Fsp3) is 0.188. The number of imide groups is 1. The average molecular weight is 906 g/mol. The van der Waals surface area contributed by atoms with Crippen molar-refractivity contribution in [2.45, 2.75) is 52.4 Å². The van der Waals surface area contributed by atoms with Gasteiger partial charge in [-0.15, -0.1) is 0 Å². The number of nitriles is 3. The molecule has 1 saturated heterocycles. The van der Waals surface area contributed by atoms with Gasteiger partial charge in [0.25, 0.3) is 11.1 Å². The average Bonchev–Trinajstić information content (AvgIpc) is 3.58. The SMILES string of the molecule is CC#N.CN1C(=O)CCC1=O.Cc1c(Oc2cc(Cl)cc(C#N)c2)c(F)c(CCc2ccccc2)[nH]c1=O.N#Cc1cc(Cl)cc(Oc2cc(=O)[nH]c(CCc3ccccc3)c2F)c1. The highest BCUT2D eigenvalue weighted by Crippen LogP contribution is 2.31. The summed E-state index contributed by atoms with van der Waals surface area (Å²) in [6, 6.07) is 34.6. The smallest absolute Gasteiger partial charge is 0.255 e. The van der Waals surface area contributed by atoms with Crippen molar-refractivity contribution < 1.29 is 27.8 Å². The molecule has 0 aliphatic carbocycles. The number of hydrogen-bond acceptors (Lipinski definition) is 9. The lowest BCUT2D eigenvalue weighted by molar-refractivity contribution is -0.136. The highest BCUT2D eigenvalue weighted by Gasteiger charge is 2.24. The number of carbonyl (C=O) groups is 2. The molecule has 0 bridgehead atoms. The molecule has 0 spiro atoms. The van der Waals surface area contributed by atoms with Gasteiger partial charge in [-0.1, -0.05) is 83.9 Å². The second kappa shape index (κ2) is 24.2. The van der Waals surface area contributed by atoms with Crippen LogP contribution in [0.25, 0.3) is 0 Å². The first-order valence-electron chi connectivity index (χ1n) is 19.4. The number of benzene rings is 4. The predicted molar refractivity (Wildman–Crippen MR) is 237 cm³/mol. The molecule has 16 heteroatoms. The molecule has 12 nitrogen and oxygen atoms in total. The third-order valence-corrected chi connectivity index (χ3v) is 9.63. The van der Waals surface area contributed by atoms with Gasteiger partial charge in [-0.2, -0.15) is 15.8 Å². The molecule has 0 saturated carbocycles. The zero-order chi connectivity index (χ0) is 46.8. The van der Waals surface area contributed by atoms with Crippen molar-refractivity contribution in [3.8, 4) is 41.2 Å². The molecule has 3 heterocycles. The van der Waals surface area contributed by atoms with Crippen LogP contribution in [-0.2, 0) is 35.3 Å². The van der Waals surface area contributed by atoms with Crippen LogP contribution in [0.2, 0.25) is 10.0 Å². The zero-order valence-electron chi connectivity index (χ0n) is 34.8. The van der Waals surface area contributed by atoms with Gasteiger partial charge < -0.3 is 19.4 Å². The van der Waals surface area contributed by atoms with Gasteiger partial charge >= 0.3 is 0 Å². The minimum Gasteiger partial charge on any atom is -0.454 e. The Kier molecular flexibility index (Phi) is 18.5. The van der Waals surface area contributed by atoms with Crippen molar-refractivity contribution in [1.82, 2.24) is 14.9 Å². The summed E-state index contributed by atoms with van der Waals surface area (Å²) in [6.45, 7) is 2.91. The van der Waals surface area contributed by atoms with E-state index in [0.29, 0.717) is 38.5 Å². The maximum Gasteiger partial charge on any atom is 0.255 e. The fourth-order valence-corrected chi connectivity index (χ4v) is 6.39. The lowest BCUT2D eigenvalue weighted by atomic mass is 10.1. The molecule has 64 heavy (non-hydrogen) atoms. The number of aryl methyl sites for hydroxylation is 4. The minimum absolute atomic E-state index is 0.0602. The summed E-state index contributed by atoms with van der Waals surface area (Å²) in [7, 11) is 1.51. The van der Waals surface area contributed by atoms with Gasteiger partial charge in [-0.05, 0) is 80.1 Å². The number of nitrogens with zero attached hydrogens (tertiary/aromatic N) is 4. The standard InChI is InChI=1S/C21H16ClFN2O2.C20H14ClFN2O2.C5H7NO2.C2H3N/c1-13-20(27-17-10-15(12-24)9-16(22)11-17)19(23)18(25-21(13)26)8-7-14-5-3-2-4-6-14;21-15-8-14(12-23)9-16(10-15)26-18-11-19(25)24-17(20(18)22)7-6-13-4-2-1-3-5-13;1-6-4(7)2-3-5(6)8;1-2-3/h2-6,9-11H,7-8H2,1H3,(H,25,26);1-5,8-11H,6-7H2,(H,24,25);2-3H2,1H3;1H3. The van der Waals surface area contributed by atoms with Crippen molar-refractivity contribution >= 4 is 35.0 Å². The normalized spacial score (nSPS) is 11.3. The molecule has 0 unspecified atom stereocenters. The summed E-state index contributed by atoms with van der Waals surface area (Å²) in [5, 5.41) is 25.9. The van der Waals surface area contributed by atoms with Gasteiger partial charge in [-0.3, -0.25) is 24.1 Å². The van der Waals surface area contributed by atoms with Gasteiger partial charge in [0.05, 0.1) is 46.3 Å². The van der Waals surface area contributed by atoms with E-state index >= 15 is 0 Å². The number of halogens is 4. The fourth-order valence-electron chi connectivity index (χ4n) is 5.93. The summed E-state index contributed by atoms with van der Waals surface area (Å²) in [5.74, 6) is -1.37. The Balaban J connectivity index is 0.000000227. The number of carbonyl (C=O) groups excluding carboxylic acids is 2. The van der Waals surface area contributed by atoms with Crippen molar-refractivity contribution in [3.05, 3.63) is 185 Å². The van der Waals surface area contributed by atoms with Crippen molar-refractivity contribution in [1.29, 1.82) is 15.8 Å². The molecular weight excluding hydrogens is 865 g/mol. The number of amides is 2. The van der Waals surface area contributed by atoms with Crippen LogP contribution >= 0.6 is 23.2 Å². The van der Waals surface area contributed by atoms with Gasteiger partial charge in [0.2, 0.25) is 11.8 Å².